The van der Waals surface area contributed by atoms with Crippen LogP contribution in [0.15, 0.2) is 53.9 Å². The average Bonchev–Trinajstić information content (AvgIpc) is 3.16. The van der Waals surface area contributed by atoms with Crippen molar-refractivity contribution in [1.29, 1.82) is 0 Å². The maximum absolute atomic E-state index is 12.2. The first-order chi connectivity index (χ1) is 13.5. The molecule has 1 unspecified atom stereocenters. The van der Waals surface area contributed by atoms with E-state index in [1.807, 2.05) is 36.6 Å². The van der Waals surface area contributed by atoms with Gasteiger partial charge in [0.15, 0.2) is 0 Å². The molecule has 5 nitrogen and oxygen atoms in total. The van der Waals surface area contributed by atoms with Crippen molar-refractivity contribution in [2.75, 3.05) is 13.2 Å². The summed E-state index contributed by atoms with van der Waals surface area (Å²) >= 11 is 7.33. The quantitative estimate of drug-likeness (QED) is 0.575. The van der Waals surface area contributed by atoms with Gasteiger partial charge >= 0.3 is 0 Å². The fourth-order valence-electron chi connectivity index (χ4n) is 2.62. The summed E-state index contributed by atoms with van der Waals surface area (Å²) in [7, 11) is 0. The SMILES string of the molecule is CCOc1ccc(-c2nc(CC(=O)NCC(O)c3ccc(Cl)cc3)cs2)cc1. The number of aliphatic hydroxyl groups excluding tert-OH is 1. The lowest BCUT2D eigenvalue weighted by Gasteiger charge is -2.12. The van der Waals surface area contributed by atoms with Crippen LogP contribution in [0.3, 0.4) is 0 Å². The van der Waals surface area contributed by atoms with Crippen molar-refractivity contribution in [3.05, 3.63) is 70.2 Å². The highest BCUT2D eigenvalue weighted by Crippen LogP contribution is 2.26. The Morgan fingerprint density at radius 2 is 1.93 bits per heavy atom. The number of nitrogens with zero attached hydrogens (tertiary/aromatic N) is 1. The minimum atomic E-state index is -0.781. The van der Waals surface area contributed by atoms with Crippen molar-refractivity contribution in [3.8, 4) is 16.3 Å². The Hall–Kier alpha value is -2.41. The summed E-state index contributed by atoms with van der Waals surface area (Å²) in [6.45, 7) is 2.71. The molecule has 1 atom stereocenters. The number of carbonyl (C=O) groups is 1. The van der Waals surface area contributed by atoms with Gasteiger partial charge in [0.25, 0.3) is 0 Å². The van der Waals surface area contributed by atoms with Gasteiger partial charge in [0.2, 0.25) is 5.91 Å². The van der Waals surface area contributed by atoms with Crippen LogP contribution in [0.4, 0.5) is 0 Å². The minimum absolute atomic E-state index is 0.135. The Morgan fingerprint density at radius 1 is 1.21 bits per heavy atom. The highest BCUT2D eigenvalue weighted by molar-refractivity contribution is 7.13. The summed E-state index contributed by atoms with van der Waals surface area (Å²) in [5.74, 6) is 0.637. The molecule has 7 heteroatoms. The van der Waals surface area contributed by atoms with Gasteiger partial charge in [-0.1, -0.05) is 23.7 Å². The van der Waals surface area contributed by atoms with Crippen LogP contribution >= 0.6 is 22.9 Å². The molecule has 2 N–H and O–H groups in total. The Balaban J connectivity index is 1.52. The smallest absolute Gasteiger partial charge is 0.226 e. The average molecular weight is 417 g/mol. The minimum Gasteiger partial charge on any atom is -0.494 e. The van der Waals surface area contributed by atoms with Gasteiger partial charge in [0.05, 0.1) is 24.8 Å². The Kier molecular flexibility index (Phi) is 7.03. The number of halogens is 1. The largest absolute Gasteiger partial charge is 0.494 e. The van der Waals surface area contributed by atoms with Crippen LogP contribution in [0.1, 0.15) is 24.3 Å². The molecule has 0 aliphatic rings. The van der Waals surface area contributed by atoms with Crippen LogP contribution in [0.2, 0.25) is 5.02 Å². The second-order valence-corrected chi connectivity index (χ2v) is 7.44. The van der Waals surface area contributed by atoms with Crippen molar-refractivity contribution < 1.29 is 14.6 Å². The van der Waals surface area contributed by atoms with Crippen LogP contribution in [-0.4, -0.2) is 29.1 Å². The van der Waals surface area contributed by atoms with E-state index >= 15 is 0 Å². The molecule has 3 aromatic rings. The fourth-order valence-corrected chi connectivity index (χ4v) is 3.57. The van der Waals surface area contributed by atoms with E-state index < -0.39 is 6.10 Å². The summed E-state index contributed by atoms with van der Waals surface area (Å²) in [5.41, 5.74) is 2.39. The lowest BCUT2D eigenvalue weighted by atomic mass is 10.1. The van der Waals surface area contributed by atoms with E-state index in [1.54, 1.807) is 24.3 Å². The van der Waals surface area contributed by atoms with E-state index in [9.17, 15) is 9.90 Å². The molecule has 1 aromatic heterocycles. The maximum atomic E-state index is 12.2. The van der Waals surface area contributed by atoms with Crippen LogP contribution < -0.4 is 10.1 Å². The van der Waals surface area contributed by atoms with Gasteiger partial charge in [-0.05, 0) is 48.9 Å². The standard InChI is InChI=1S/C21H21ClN2O3S/c1-2-27-18-9-5-15(6-10-18)21-24-17(13-28-21)11-20(26)23-12-19(25)14-3-7-16(22)8-4-14/h3-10,13,19,25H,2,11-12H2,1H3,(H,23,26). The zero-order valence-electron chi connectivity index (χ0n) is 15.4. The van der Waals surface area contributed by atoms with Gasteiger partial charge < -0.3 is 15.2 Å². The molecule has 0 aliphatic carbocycles. The summed E-state index contributed by atoms with van der Waals surface area (Å²) in [4.78, 5) is 16.7. The molecule has 146 valence electrons. The number of aromatic nitrogens is 1. The second-order valence-electron chi connectivity index (χ2n) is 6.15. The summed E-state index contributed by atoms with van der Waals surface area (Å²) < 4.78 is 5.44. The molecule has 0 spiro atoms. The van der Waals surface area contributed by atoms with E-state index in [2.05, 4.69) is 10.3 Å². The molecule has 0 saturated heterocycles. The zero-order valence-corrected chi connectivity index (χ0v) is 17.0. The van der Waals surface area contributed by atoms with Crippen LogP contribution in [-0.2, 0) is 11.2 Å². The number of carbonyl (C=O) groups excluding carboxylic acids is 1. The van der Waals surface area contributed by atoms with Gasteiger partial charge in [-0.15, -0.1) is 11.3 Å². The predicted octanol–water partition coefficient (Wildman–Crippen LogP) is 4.25. The van der Waals surface area contributed by atoms with E-state index in [0.717, 1.165) is 16.3 Å². The number of nitrogens with one attached hydrogen (secondary N) is 1. The van der Waals surface area contributed by atoms with Crippen molar-refractivity contribution in [3.63, 3.8) is 0 Å². The third-order valence-electron chi connectivity index (χ3n) is 4.05. The lowest BCUT2D eigenvalue weighted by molar-refractivity contribution is -0.120. The molecule has 1 heterocycles. The van der Waals surface area contributed by atoms with Crippen LogP contribution in [0.5, 0.6) is 5.75 Å². The molecule has 28 heavy (non-hydrogen) atoms. The molecular formula is C21H21ClN2O3S. The Bertz CT molecular complexity index is 910. The van der Waals surface area contributed by atoms with Gasteiger partial charge in [0.1, 0.15) is 10.8 Å². The number of amides is 1. The predicted molar refractivity (Wildman–Crippen MR) is 112 cm³/mol. The summed E-state index contributed by atoms with van der Waals surface area (Å²) in [6, 6.07) is 14.6. The van der Waals surface area contributed by atoms with Crippen molar-refractivity contribution in [2.45, 2.75) is 19.4 Å². The molecule has 1 amide bonds. The fraction of sp³-hybridized carbons (Fsp3) is 0.238. The topological polar surface area (TPSA) is 71.5 Å². The van der Waals surface area contributed by atoms with Crippen molar-refractivity contribution in [1.82, 2.24) is 10.3 Å². The third-order valence-corrected chi connectivity index (χ3v) is 5.25. The number of benzene rings is 2. The summed E-state index contributed by atoms with van der Waals surface area (Å²) in [6.07, 6.45) is -0.614. The maximum Gasteiger partial charge on any atom is 0.226 e. The monoisotopic (exact) mass is 416 g/mol. The van der Waals surface area contributed by atoms with E-state index in [4.69, 9.17) is 16.3 Å². The Morgan fingerprint density at radius 3 is 2.61 bits per heavy atom. The molecule has 0 radical (unpaired) electrons. The van der Waals surface area contributed by atoms with Crippen LogP contribution in [0, 0.1) is 0 Å². The number of ether oxygens (including phenoxy) is 1. The van der Waals surface area contributed by atoms with Crippen LogP contribution in [0.25, 0.3) is 10.6 Å². The van der Waals surface area contributed by atoms with E-state index in [-0.39, 0.29) is 18.9 Å². The number of aliphatic hydroxyl groups is 1. The molecule has 2 aromatic carbocycles. The van der Waals surface area contributed by atoms with E-state index in [0.29, 0.717) is 22.9 Å². The molecule has 3 rings (SSSR count). The van der Waals surface area contributed by atoms with Crippen molar-refractivity contribution in [2.24, 2.45) is 0 Å². The van der Waals surface area contributed by atoms with Crippen molar-refractivity contribution >= 4 is 28.8 Å². The highest BCUT2D eigenvalue weighted by atomic mass is 35.5. The second kappa shape index (κ2) is 9.68. The Labute approximate surface area is 173 Å². The highest BCUT2D eigenvalue weighted by Gasteiger charge is 2.12. The number of rotatable bonds is 8. The van der Waals surface area contributed by atoms with Gasteiger partial charge in [0, 0.05) is 22.5 Å². The number of thiazole rings is 1. The molecular weight excluding hydrogens is 396 g/mol. The van der Waals surface area contributed by atoms with Gasteiger partial charge in [-0.3, -0.25) is 4.79 Å². The molecule has 0 saturated carbocycles. The van der Waals surface area contributed by atoms with Gasteiger partial charge in [-0.25, -0.2) is 4.98 Å². The first kappa shape index (κ1) is 20.3. The molecule has 0 aliphatic heterocycles. The summed E-state index contributed by atoms with van der Waals surface area (Å²) in [5, 5.41) is 16.2. The normalized spacial score (nSPS) is 11.8. The lowest BCUT2D eigenvalue weighted by Crippen LogP contribution is -2.29. The zero-order chi connectivity index (χ0) is 19.9. The van der Waals surface area contributed by atoms with Gasteiger partial charge in [-0.2, -0.15) is 0 Å². The number of hydrogen-bond acceptors (Lipinski definition) is 5. The molecule has 0 bridgehead atoms. The van der Waals surface area contributed by atoms with E-state index in [1.165, 1.54) is 11.3 Å². The number of hydrogen-bond donors (Lipinski definition) is 2. The first-order valence-electron chi connectivity index (χ1n) is 8.93. The third kappa shape index (κ3) is 5.55. The molecule has 0 fully saturated rings. The first-order valence-corrected chi connectivity index (χ1v) is 10.2.